The Balaban J connectivity index is 2.27. The largest absolute Gasteiger partial charge is 0.383 e. The Morgan fingerprint density at radius 2 is 2.12 bits per heavy atom. The highest BCUT2D eigenvalue weighted by atomic mass is 35.5. The highest BCUT2D eigenvalue weighted by Crippen LogP contribution is 2.17. The zero-order valence-electron chi connectivity index (χ0n) is 8.64. The number of rotatable bonds is 4. The molecule has 16 heavy (non-hydrogen) atoms. The Morgan fingerprint density at radius 1 is 1.31 bits per heavy atom. The lowest BCUT2D eigenvalue weighted by Gasteiger charge is -2.05. The molecule has 0 aliphatic carbocycles. The second-order valence-corrected chi connectivity index (χ2v) is 3.34. The molecule has 84 valence electrons. The fourth-order valence-electron chi connectivity index (χ4n) is 1.17. The van der Waals surface area contributed by atoms with E-state index in [2.05, 4.69) is 25.3 Å². The molecule has 0 saturated carbocycles. The summed E-state index contributed by atoms with van der Waals surface area (Å²) in [7, 11) is 1.63. The summed E-state index contributed by atoms with van der Waals surface area (Å²) < 4.78 is 4.90. The van der Waals surface area contributed by atoms with Crippen LogP contribution in [0.3, 0.4) is 0 Å². The van der Waals surface area contributed by atoms with Crippen molar-refractivity contribution in [3.63, 3.8) is 0 Å². The smallest absolute Gasteiger partial charge is 0.226 e. The van der Waals surface area contributed by atoms with Crippen molar-refractivity contribution < 1.29 is 4.74 Å². The number of anilines is 1. The van der Waals surface area contributed by atoms with Gasteiger partial charge in [0, 0.05) is 26.0 Å². The first-order valence-corrected chi connectivity index (χ1v) is 5.06. The number of nitrogens with zero attached hydrogens (tertiary/aromatic N) is 4. The van der Waals surface area contributed by atoms with Crippen molar-refractivity contribution in [3.8, 4) is 0 Å². The van der Waals surface area contributed by atoms with Gasteiger partial charge in [-0.25, -0.2) is 9.97 Å². The van der Waals surface area contributed by atoms with E-state index in [0.717, 1.165) is 0 Å². The van der Waals surface area contributed by atoms with E-state index in [1.54, 1.807) is 19.5 Å². The van der Waals surface area contributed by atoms with Crippen LogP contribution in [0.25, 0.3) is 11.2 Å². The molecule has 0 amide bonds. The van der Waals surface area contributed by atoms with Gasteiger partial charge < -0.3 is 10.1 Å². The topological polar surface area (TPSA) is 72.8 Å². The molecular weight excluding hydrogens is 230 g/mol. The van der Waals surface area contributed by atoms with Gasteiger partial charge in [0.15, 0.2) is 10.8 Å². The maximum atomic E-state index is 5.95. The molecule has 0 saturated heterocycles. The summed E-state index contributed by atoms with van der Waals surface area (Å²) in [4.78, 5) is 16.3. The Kier molecular flexibility index (Phi) is 3.43. The second-order valence-electron chi connectivity index (χ2n) is 2.99. The second kappa shape index (κ2) is 5.00. The molecule has 0 fully saturated rings. The zero-order valence-corrected chi connectivity index (χ0v) is 9.40. The molecule has 0 aliphatic rings. The fraction of sp³-hybridized carbons (Fsp3) is 0.333. The van der Waals surface area contributed by atoms with Gasteiger partial charge in [-0.1, -0.05) is 11.6 Å². The van der Waals surface area contributed by atoms with Crippen molar-refractivity contribution in [1.29, 1.82) is 0 Å². The molecule has 0 aromatic carbocycles. The lowest BCUT2D eigenvalue weighted by atomic mass is 10.5. The molecule has 2 rings (SSSR count). The number of aromatic nitrogens is 4. The Labute approximate surface area is 97.1 Å². The van der Waals surface area contributed by atoms with Crippen molar-refractivity contribution in [2.75, 3.05) is 25.6 Å². The molecule has 0 aliphatic heterocycles. The molecule has 0 atom stereocenters. The summed E-state index contributed by atoms with van der Waals surface area (Å²) in [5, 5.41) is 3.27. The number of ether oxygens (including phenoxy) is 1. The van der Waals surface area contributed by atoms with Crippen LogP contribution in [-0.2, 0) is 4.74 Å². The molecule has 2 heterocycles. The SMILES string of the molecule is COCCNc1nc(Cl)c2nccnc2n1. The van der Waals surface area contributed by atoms with E-state index >= 15 is 0 Å². The van der Waals surface area contributed by atoms with Crippen molar-refractivity contribution in [2.24, 2.45) is 0 Å². The summed E-state index contributed by atoms with van der Waals surface area (Å²) in [5.41, 5.74) is 0.976. The van der Waals surface area contributed by atoms with Gasteiger partial charge in [0.2, 0.25) is 5.95 Å². The fourth-order valence-corrected chi connectivity index (χ4v) is 1.39. The highest BCUT2D eigenvalue weighted by Gasteiger charge is 2.06. The number of hydrogen-bond donors (Lipinski definition) is 1. The van der Waals surface area contributed by atoms with Crippen LogP contribution < -0.4 is 5.32 Å². The van der Waals surface area contributed by atoms with Crippen molar-refractivity contribution >= 4 is 28.7 Å². The third-order valence-electron chi connectivity index (χ3n) is 1.88. The molecule has 0 unspecified atom stereocenters. The monoisotopic (exact) mass is 239 g/mol. The van der Waals surface area contributed by atoms with E-state index in [4.69, 9.17) is 16.3 Å². The maximum Gasteiger partial charge on any atom is 0.226 e. The average molecular weight is 240 g/mol. The van der Waals surface area contributed by atoms with Crippen LogP contribution >= 0.6 is 11.6 Å². The van der Waals surface area contributed by atoms with Crippen molar-refractivity contribution in [2.45, 2.75) is 0 Å². The normalized spacial score (nSPS) is 10.6. The van der Waals surface area contributed by atoms with Gasteiger partial charge in [0.05, 0.1) is 6.61 Å². The number of halogens is 1. The van der Waals surface area contributed by atoms with E-state index in [9.17, 15) is 0 Å². The van der Waals surface area contributed by atoms with Gasteiger partial charge >= 0.3 is 0 Å². The predicted molar refractivity (Wildman–Crippen MR) is 60.5 cm³/mol. The van der Waals surface area contributed by atoms with Crippen LogP contribution in [0.1, 0.15) is 0 Å². The minimum atomic E-state index is 0.290. The Morgan fingerprint density at radius 3 is 2.94 bits per heavy atom. The van der Waals surface area contributed by atoms with Crippen LogP contribution in [0.5, 0.6) is 0 Å². The minimum Gasteiger partial charge on any atom is -0.383 e. The number of hydrogen-bond acceptors (Lipinski definition) is 6. The average Bonchev–Trinajstić information content (AvgIpc) is 2.30. The molecular formula is C9H10ClN5O. The van der Waals surface area contributed by atoms with E-state index < -0.39 is 0 Å². The highest BCUT2D eigenvalue weighted by molar-refractivity contribution is 6.33. The van der Waals surface area contributed by atoms with Gasteiger partial charge in [0.1, 0.15) is 5.52 Å². The maximum absolute atomic E-state index is 5.95. The van der Waals surface area contributed by atoms with Crippen LogP contribution in [-0.4, -0.2) is 40.2 Å². The molecule has 1 N–H and O–H groups in total. The summed E-state index contributed by atoms with van der Waals surface area (Å²) in [6.07, 6.45) is 3.11. The lowest BCUT2D eigenvalue weighted by molar-refractivity contribution is 0.210. The Hall–Kier alpha value is -1.53. The molecule has 6 nitrogen and oxygen atoms in total. The number of fused-ring (bicyclic) bond motifs is 1. The van der Waals surface area contributed by atoms with Crippen LogP contribution in [0.15, 0.2) is 12.4 Å². The van der Waals surface area contributed by atoms with Crippen LogP contribution in [0.4, 0.5) is 5.95 Å². The van der Waals surface area contributed by atoms with Crippen LogP contribution in [0.2, 0.25) is 5.15 Å². The van der Waals surface area contributed by atoms with Gasteiger partial charge in [-0.15, -0.1) is 0 Å². The molecule has 2 aromatic heterocycles. The first-order valence-electron chi connectivity index (χ1n) is 4.68. The lowest BCUT2D eigenvalue weighted by Crippen LogP contribution is -2.10. The van der Waals surface area contributed by atoms with Gasteiger partial charge in [-0.05, 0) is 0 Å². The number of methoxy groups -OCH3 is 1. The molecule has 0 bridgehead atoms. The van der Waals surface area contributed by atoms with Gasteiger partial charge in [-0.3, -0.25) is 0 Å². The number of nitrogens with one attached hydrogen (secondary N) is 1. The predicted octanol–water partition coefficient (Wildman–Crippen LogP) is 1.13. The summed E-state index contributed by atoms with van der Waals surface area (Å²) >= 11 is 5.95. The third kappa shape index (κ3) is 2.34. The quantitative estimate of drug-likeness (QED) is 0.637. The van der Waals surface area contributed by atoms with Crippen LogP contribution in [0, 0.1) is 0 Å². The molecule has 7 heteroatoms. The van der Waals surface area contributed by atoms with E-state index in [-0.39, 0.29) is 5.15 Å². The first-order chi connectivity index (χ1) is 7.81. The molecule has 0 radical (unpaired) electrons. The molecule has 2 aromatic rings. The summed E-state index contributed by atoms with van der Waals surface area (Å²) in [5.74, 6) is 0.426. The Bertz CT molecular complexity index is 492. The first kappa shape index (κ1) is 11.0. The molecule has 0 spiro atoms. The van der Waals surface area contributed by atoms with Gasteiger partial charge in [0.25, 0.3) is 0 Å². The summed E-state index contributed by atoms with van der Waals surface area (Å²) in [6, 6.07) is 0. The summed E-state index contributed by atoms with van der Waals surface area (Å²) in [6.45, 7) is 1.18. The zero-order chi connectivity index (χ0) is 11.4. The van der Waals surface area contributed by atoms with Crippen molar-refractivity contribution in [1.82, 2.24) is 19.9 Å². The van der Waals surface area contributed by atoms with Crippen molar-refractivity contribution in [3.05, 3.63) is 17.5 Å². The van der Waals surface area contributed by atoms with E-state index in [1.165, 1.54) is 0 Å². The standard InChI is InChI=1S/C9H10ClN5O/c1-16-5-4-13-9-14-7(10)6-8(15-9)12-3-2-11-6/h2-3H,4-5H2,1H3,(H,12,13,14,15). The third-order valence-corrected chi connectivity index (χ3v) is 2.14. The minimum absolute atomic E-state index is 0.290. The van der Waals surface area contributed by atoms with E-state index in [1.807, 2.05) is 0 Å². The van der Waals surface area contributed by atoms with Gasteiger partial charge in [-0.2, -0.15) is 9.97 Å². The van der Waals surface area contributed by atoms with E-state index in [0.29, 0.717) is 30.3 Å².